The molecule has 0 aromatic heterocycles. The Labute approximate surface area is 114 Å². The number of rotatable bonds is 3. The molecule has 0 saturated carbocycles. The lowest BCUT2D eigenvalue weighted by Gasteiger charge is -2.20. The third-order valence-corrected chi connectivity index (χ3v) is 3.66. The Kier molecular flexibility index (Phi) is 4.48. The fraction of sp³-hybridized carbons (Fsp3) is 0.417. The van der Waals surface area contributed by atoms with Crippen LogP contribution in [0.2, 0.25) is 0 Å². The van der Waals surface area contributed by atoms with Gasteiger partial charge in [0.15, 0.2) is 0 Å². The lowest BCUT2D eigenvalue weighted by Crippen LogP contribution is -2.34. The van der Waals surface area contributed by atoms with Gasteiger partial charge in [0.25, 0.3) is 0 Å². The van der Waals surface area contributed by atoms with Crippen molar-refractivity contribution in [1.82, 2.24) is 0 Å². The van der Waals surface area contributed by atoms with Crippen LogP contribution in [0.15, 0.2) is 23.1 Å². The number of benzene rings is 1. The van der Waals surface area contributed by atoms with Crippen molar-refractivity contribution in [3.05, 3.63) is 29.8 Å². The quantitative estimate of drug-likeness (QED) is 0.804. The molecule has 0 amide bonds. The minimum atomic E-state index is -4.88. The summed E-state index contributed by atoms with van der Waals surface area (Å²) in [5.74, 6) is -4.03. The second kappa shape index (κ2) is 5.43. The maximum absolute atomic E-state index is 13.7. The van der Waals surface area contributed by atoms with Gasteiger partial charge < -0.3 is 4.74 Å². The normalized spacial score (nSPS) is 13.9. The highest BCUT2D eigenvalue weighted by Gasteiger charge is 2.38. The van der Waals surface area contributed by atoms with Crippen LogP contribution in [0, 0.1) is 11.6 Å². The topological polar surface area (TPSA) is 60.4 Å². The van der Waals surface area contributed by atoms with E-state index in [9.17, 15) is 26.4 Å². The van der Waals surface area contributed by atoms with Crippen LogP contribution in [0.25, 0.3) is 0 Å². The molecule has 1 aromatic rings. The van der Waals surface area contributed by atoms with Crippen molar-refractivity contribution in [3.8, 4) is 0 Å². The third kappa shape index (κ3) is 3.96. The molecule has 8 heteroatoms. The molecule has 20 heavy (non-hydrogen) atoms. The molecule has 0 fully saturated rings. The van der Waals surface area contributed by atoms with Gasteiger partial charge in [-0.3, -0.25) is 0 Å². The van der Waals surface area contributed by atoms with Crippen molar-refractivity contribution in [2.75, 3.05) is 0 Å². The summed E-state index contributed by atoms with van der Waals surface area (Å²) in [5.41, 5.74) is -4.15. The van der Waals surface area contributed by atoms with E-state index in [4.69, 9.17) is 0 Å². The van der Waals surface area contributed by atoms with Crippen molar-refractivity contribution in [1.29, 1.82) is 0 Å². The Morgan fingerprint density at radius 1 is 1.15 bits per heavy atom. The number of ether oxygens (including phenoxy) is 1. The summed E-state index contributed by atoms with van der Waals surface area (Å²) in [6.07, 6.45) is 0. The Bertz CT molecular complexity index is 600. The highest BCUT2D eigenvalue weighted by Crippen LogP contribution is 2.22. The molecule has 0 aliphatic carbocycles. The van der Waals surface area contributed by atoms with Gasteiger partial charge in [-0.2, -0.15) is 0 Å². The summed E-state index contributed by atoms with van der Waals surface area (Å²) in [5, 5.41) is 0. The second-order valence-corrected chi connectivity index (χ2v) is 6.97. The number of halogens is 3. The van der Waals surface area contributed by atoms with E-state index in [1.54, 1.807) is 0 Å². The van der Waals surface area contributed by atoms with Crippen LogP contribution >= 0.6 is 0 Å². The van der Waals surface area contributed by atoms with Crippen molar-refractivity contribution < 1.29 is 31.1 Å². The van der Waals surface area contributed by atoms with Crippen molar-refractivity contribution >= 4 is 15.8 Å². The van der Waals surface area contributed by atoms with Crippen molar-refractivity contribution in [3.63, 3.8) is 0 Å². The fourth-order valence-electron chi connectivity index (χ4n) is 1.29. The number of hydrogen-bond acceptors (Lipinski definition) is 4. The molecule has 0 aliphatic heterocycles. The van der Waals surface area contributed by atoms with Gasteiger partial charge in [-0.05, 0) is 32.9 Å². The molecule has 0 radical (unpaired) electrons. The van der Waals surface area contributed by atoms with Gasteiger partial charge in [-0.25, -0.2) is 26.4 Å². The Hall–Kier alpha value is -1.57. The monoisotopic (exact) mass is 310 g/mol. The van der Waals surface area contributed by atoms with Gasteiger partial charge >= 0.3 is 11.5 Å². The molecule has 1 unspecified atom stereocenters. The van der Waals surface area contributed by atoms with E-state index >= 15 is 0 Å². The Balaban J connectivity index is 3.13. The van der Waals surface area contributed by atoms with Crippen LogP contribution in [-0.4, -0.2) is 25.5 Å². The van der Waals surface area contributed by atoms with E-state index in [2.05, 4.69) is 4.74 Å². The van der Waals surface area contributed by atoms with Crippen LogP contribution in [-0.2, 0) is 19.4 Å². The zero-order valence-electron chi connectivity index (χ0n) is 11.0. The molecule has 0 aliphatic rings. The van der Waals surface area contributed by atoms with E-state index in [1.807, 2.05) is 0 Å². The van der Waals surface area contributed by atoms with Crippen LogP contribution in [0.1, 0.15) is 20.8 Å². The average molecular weight is 310 g/mol. The van der Waals surface area contributed by atoms with Crippen LogP contribution in [0.5, 0.6) is 0 Å². The molecule has 4 nitrogen and oxygen atoms in total. The first-order chi connectivity index (χ1) is 8.93. The van der Waals surface area contributed by atoms with Gasteiger partial charge in [-0.1, -0.05) is 0 Å². The van der Waals surface area contributed by atoms with E-state index in [-0.39, 0.29) is 0 Å². The SMILES string of the molecule is CC(C)(C)OC(=O)C(F)S(=O)(=O)c1cc(F)cc(F)c1. The van der Waals surface area contributed by atoms with Crippen LogP contribution in [0.4, 0.5) is 13.2 Å². The largest absolute Gasteiger partial charge is 0.457 e. The Morgan fingerprint density at radius 3 is 2.00 bits per heavy atom. The molecular formula is C12H13F3O4S. The van der Waals surface area contributed by atoms with E-state index in [0.717, 1.165) is 0 Å². The number of carbonyl (C=O) groups is 1. The summed E-state index contributed by atoms with van der Waals surface area (Å²) >= 11 is 0. The average Bonchev–Trinajstić information content (AvgIpc) is 2.24. The van der Waals surface area contributed by atoms with E-state index in [1.165, 1.54) is 20.8 Å². The predicted octanol–water partition coefficient (Wildman–Crippen LogP) is 2.38. The van der Waals surface area contributed by atoms with Gasteiger partial charge in [0.2, 0.25) is 9.84 Å². The maximum atomic E-state index is 13.7. The Morgan fingerprint density at radius 2 is 1.60 bits per heavy atom. The summed E-state index contributed by atoms with van der Waals surface area (Å²) in [6, 6.07) is 1.28. The van der Waals surface area contributed by atoms with E-state index in [0.29, 0.717) is 18.2 Å². The molecule has 0 N–H and O–H groups in total. The first kappa shape index (κ1) is 16.5. The summed E-state index contributed by atoms with van der Waals surface area (Å²) in [4.78, 5) is 10.4. The smallest absolute Gasteiger partial charge is 0.357 e. The molecule has 0 spiro atoms. The molecule has 1 atom stereocenters. The van der Waals surface area contributed by atoms with Gasteiger partial charge in [-0.15, -0.1) is 0 Å². The number of carbonyl (C=O) groups excluding carboxylic acids is 1. The number of alkyl halides is 1. The summed E-state index contributed by atoms with van der Waals surface area (Å²) in [6.45, 7) is 4.27. The zero-order valence-corrected chi connectivity index (χ0v) is 11.8. The third-order valence-electron chi connectivity index (χ3n) is 2.03. The molecule has 1 rings (SSSR count). The maximum Gasteiger partial charge on any atom is 0.357 e. The van der Waals surface area contributed by atoms with E-state index < -0.39 is 43.4 Å². The highest BCUT2D eigenvalue weighted by molar-refractivity contribution is 7.92. The standard InChI is InChI=1S/C12H13F3O4S/c1-12(2,3)19-11(16)10(15)20(17,18)9-5-7(13)4-8(14)6-9/h4-6,10H,1-3H3. The van der Waals surface area contributed by atoms with Gasteiger partial charge in [0.1, 0.15) is 17.2 Å². The summed E-state index contributed by atoms with van der Waals surface area (Å²) in [7, 11) is -4.88. The van der Waals surface area contributed by atoms with Crippen molar-refractivity contribution in [2.45, 2.75) is 36.8 Å². The molecule has 0 bridgehead atoms. The van der Waals surface area contributed by atoms with Gasteiger partial charge in [0.05, 0.1) is 4.90 Å². The van der Waals surface area contributed by atoms with Crippen LogP contribution in [0.3, 0.4) is 0 Å². The zero-order chi connectivity index (χ0) is 15.7. The predicted molar refractivity (Wildman–Crippen MR) is 64.3 cm³/mol. The molecule has 112 valence electrons. The number of esters is 1. The second-order valence-electron chi connectivity index (χ2n) is 5.00. The molecule has 0 saturated heterocycles. The molecule has 0 heterocycles. The lowest BCUT2D eigenvalue weighted by molar-refractivity contribution is -0.157. The number of sulfone groups is 1. The highest BCUT2D eigenvalue weighted by atomic mass is 32.2. The molecule has 1 aromatic carbocycles. The lowest BCUT2D eigenvalue weighted by atomic mass is 10.2. The first-order valence-corrected chi connectivity index (χ1v) is 7.05. The van der Waals surface area contributed by atoms with Crippen molar-refractivity contribution in [2.24, 2.45) is 0 Å². The minimum absolute atomic E-state index is 0.426. The fourth-order valence-corrected chi connectivity index (χ4v) is 2.38. The summed E-state index contributed by atoms with van der Waals surface area (Å²) < 4.78 is 67.7. The van der Waals surface area contributed by atoms with Gasteiger partial charge in [0, 0.05) is 6.07 Å². The number of hydrogen-bond donors (Lipinski definition) is 0. The first-order valence-electron chi connectivity index (χ1n) is 5.50. The minimum Gasteiger partial charge on any atom is -0.457 e. The van der Waals surface area contributed by atoms with Crippen LogP contribution < -0.4 is 0 Å². The molecular weight excluding hydrogens is 297 g/mol.